The van der Waals surface area contributed by atoms with Crippen LogP contribution < -0.4 is 16.4 Å². The summed E-state index contributed by atoms with van der Waals surface area (Å²) in [4.78, 5) is 28.8. The third-order valence-corrected chi connectivity index (χ3v) is 5.35. The van der Waals surface area contributed by atoms with E-state index in [4.69, 9.17) is 17.3 Å². The lowest BCUT2D eigenvalue weighted by molar-refractivity contribution is -0.116. The van der Waals surface area contributed by atoms with E-state index in [1.165, 1.54) is 0 Å². The van der Waals surface area contributed by atoms with Gasteiger partial charge in [0.1, 0.15) is 5.82 Å². The van der Waals surface area contributed by atoms with Gasteiger partial charge in [0.05, 0.1) is 23.5 Å². The van der Waals surface area contributed by atoms with Crippen LogP contribution in [0.15, 0.2) is 72.8 Å². The van der Waals surface area contributed by atoms with Crippen molar-refractivity contribution in [3.05, 3.63) is 89.2 Å². The van der Waals surface area contributed by atoms with Gasteiger partial charge >= 0.3 is 6.03 Å². The summed E-state index contributed by atoms with van der Waals surface area (Å²) >= 11 is 5.94. The van der Waals surface area contributed by atoms with Crippen molar-refractivity contribution in [3.8, 4) is 5.69 Å². The molecule has 1 aromatic heterocycles. The summed E-state index contributed by atoms with van der Waals surface area (Å²) in [5, 5.41) is 6.06. The van der Waals surface area contributed by atoms with Crippen LogP contribution in [0, 0.1) is 6.92 Å². The van der Waals surface area contributed by atoms with E-state index in [0.717, 1.165) is 28.1 Å². The number of nitrogens with one attached hydrogen (secondary N) is 2. The molecule has 4 rings (SSSR count). The van der Waals surface area contributed by atoms with E-state index < -0.39 is 12.1 Å². The third-order valence-electron chi connectivity index (χ3n) is 5.10. The lowest BCUT2D eigenvalue weighted by atomic mass is 10.0. The number of hydrogen-bond acceptors (Lipinski definition) is 3. The fourth-order valence-electron chi connectivity index (χ4n) is 3.70. The van der Waals surface area contributed by atoms with Crippen LogP contribution in [0.25, 0.3) is 16.7 Å². The molecular weight excluding hydrogens is 426 g/mol. The fraction of sp³-hybridized carbons (Fsp3) is 0.125. The topological polar surface area (TPSA) is 102 Å². The summed E-state index contributed by atoms with van der Waals surface area (Å²) in [6.45, 7) is 1.94. The highest BCUT2D eigenvalue weighted by molar-refractivity contribution is 6.30. The van der Waals surface area contributed by atoms with Crippen molar-refractivity contribution >= 4 is 40.3 Å². The summed E-state index contributed by atoms with van der Waals surface area (Å²) in [5.74, 6) is 0.584. The number of nitrogens with zero attached hydrogens (tertiary/aromatic N) is 2. The standard InChI is InChI=1S/C24H22ClN5O2/c1-15-27-21-13-18(11-12-22(21)30(15)19-5-3-2-4-6-19)28-23(31)14-20(29-24(26)32)16-7-9-17(25)10-8-16/h2-13,20H,14H2,1H3,(H,28,31)(H3,26,29,32)/t20-/m1/s1. The molecule has 0 saturated carbocycles. The van der Waals surface area contributed by atoms with E-state index in [-0.39, 0.29) is 12.3 Å². The highest BCUT2D eigenvalue weighted by Gasteiger charge is 2.18. The van der Waals surface area contributed by atoms with Gasteiger partial charge in [-0.1, -0.05) is 41.9 Å². The Kier molecular flexibility index (Phi) is 6.09. The van der Waals surface area contributed by atoms with E-state index in [9.17, 15) is 9.59 Å². The lowest BCUT2D eigenvalue weighted by Gasteiger charge is -2.18. The highest BCUT2D eigenvalue weighted by Crippen LogP contribution is 2.25. The Hall–Kier alpha value is -3.84. The second kappa shape index (κ2) is 9.11. The first kappa shape index (κ1) is 21.4. The van der Waals surface area contributed by atoms with Crippen LogP contribution in [-0.4, -0.2) is 21.5 Å². The van der Waals surface area contributed by atoms with Gasteiger partial charge in [-0.3, -0.25) is 9.36 Å². The van der Waals surface area contributed by atoms with Crippen molar-refractivity contribution in [3.63, 3.8) is 0 Å². The third kappa shape index (κ3) is 4.73. The van der Waals surface area contributed by atoms with Crippen LogP contribution in [0.1, 0.15) is 23.9 Å². The molecular formula is C24H22ClN5O2. The second-order valence-corrected chi connectivity index (χ2v) is 7.83. The molecule has 0 saturated heterocycles. The van der Waals surface area contributed by atoms with E-state index in [2.05, 4.69) is 20.2 Å². The molecule has 0 radical (unpaired) electrons. The number of benzene rings is 3. The van der Waals surface area contributed by atoms with Crippen LogP contribution in [0.3, 0.4) is 0 Å². The van der Waals surface area contributed by atoms with Crippen molar-refractivity contribution in [2.24, 2.45) is 5.73 Å². The van der Waals surface area contributed by atoms with Gasteiger partial charge < -0.3 is 16.4 Å². The maximum Gasteiger partial charge on any atom is 0.312 e. The van der Waals surface area contributed by atoms with Crippen LogP contribution in [-0.2, 0) is 4.79 Å². The average molecular weight is 448 g/mol. The number of halogens is 1. The highest BCUT2D eigenvalue weighted by atomic mass is 35.5. The van der Waals surface area contributed by atoms with Crippen LogP contribution >= 0.6 is 11.6 Å². The Bertz CT molecular complexity index is 1270. The summed E-state index contributed by atoms with van der Waals surface area (Å²) in [6, 6.07) is 21.2. The second-order valence-electron chi connectivity index (χ2n) is 7.40. The number of aromatic nitrogens is 2. The molecule has 3 amide bonds. The van der Waals surface area contributed by atoms with Crippen molar-refractivity contribution in [1.82, 2.24) is 14.9 Å². The SMILES string of the molecule is Cc1nc2cc(NC(=O)C[C@@H](NC(N)=O)c3ccc(Cl)cc3)ccc2n1-c1ccccc1. The van der Waals surface area contributed by atoms with Crippen molar-refractivity contribution < 1.29 is 9.59 Å². The number of carbonyl (C=O) groups excluding carboxylic acids is 2. The predicted molar refractivity (Wildman–Crippen MR) is 126 cm³/mol. The number of imidazole rings is 1. The largest absolute Gasteiger partial charge is 0.352 e. The van der Waals surface area contributed by atoms with Gasteiger partial charge in [-0.15, -0.1) is 0 Å². The van der Waals surface area contributed by atoms with Crippen molar-refractivity contribution in [1.29, 1.82) is 0 Å². The molecule has 8 heteroatoms. The smallest absolute Gasteiger partial charge is 0.312 e. The summed E-state index contributed by atoms with van der Waals surface area (Å²) in [6.07, 6.45) is 0.0140. The van der Waals surface area contributed by atoms with Crippen LogP contribution in [0.4, 0.5) is 10.5 Å². The molecule has 4 N–H and O–H groups in total. The number of nitrogens with two attached hydrogens (primary N) is 1. The summed E-state index contributed by atoms with van der Waals surface area (Å²) < 4.78 is 2.06. The van der Waals surface area contributed by atoms with Gasteiger partial charge in [0.2, 0.25) is 5.91 Å². The molecule has 0 aliphatic carbocycles. The number of para-hydroxylation sites is 1. The number of urea groups is 1. The Balaban J connectivity index is 1.54. The Morgan fingerprint density at radius 2 is 1.78 bits per heavy atom. The van der Waals surface area contributed by atoms with E-state index in [1.54, 1.807) is 24.3 Å². The van der Waals surface area contributed by atoms with Crippen molar-refractivity contribution in [2.45, 2.75) is 19.4 Å². The van der Waals surface area contributed by atoms with E-state index in [0.29, 0.717) is 10.7 Å². The molecule has 162 valence electrons. The molecule has 1 heterocycles. The Morgan fingerprint density at radius 3 is 2.47 bits per heavy atom. The molecule has 0 unspecified atom stereocenters. The monoisotopic (exact) mass is 447 g/mol. The predicted octanol–water partition coefficient (Wildman–Crippen LogP) is 4.73. The zero-order chi connectivity index (χ0) is 22.7. The number of anilines is 1. The summed E-state index contributed by atoms with van der Waals surface area (Å²) in [5.41, 5.74) is 9.39. The number of fused-ring (bicyclic) bond motifs is 1. The Morgan fingerprint density at radius 1 is 1.06 bits per heavy atom. The number of amides is 3. The molecule has 0 spiro atoms. The lowest BCUT2D eigenvalue weighted by Crippen LogP contribution is -2.35. The van der Waals surface area contributed by atoms with Gasteiger partial charge in [-0.2, -0.15) is 0 Å². The average Bonchev–Trinajstić information content (AvgIpc) is 3.09. The molecule has 0 aliphatic heterocycles. The zero-order valence-electron chi connectivity index (χ0n) is 17.4. The minimum atomic E-state index is -0.707. The number of primary amides is 1. The van der Waals surface area contributed by atoms with Crippen molar-refractivity contribution in [2.75, 3.05) is 5.32 Å². The first-order valence-electron chi connectivity index (χ1n) is 10.1. The molecule has 0 aliphatic rings. The molecule has 0 fully saturated rings. The van der Waals surface area contributed by atoms with Crippen LogP contribution in [0.2, 0.25) is 5.02 Å². The number of rotatable bonds is 6. The molecule has 4 aromatic rings. The maximum atomic E-state index is 12.7. The maximum absolute atomic E-state index is 12.7. The van der Waals surface area contributed by atoms with Crippen LogP contribution in [0.5, 0.6) is 0 Å². The van der Waals surface area contributed by atoms with E-state index in [1.807, 2.05) is 55.5 Å². The molecule has 3 aromatic carbocycles. The minimum Gasteiger partial charge on any atom is -0.352 e. The van der Waals surface area contributed by atoms with Gasteiger partial charge in [-0.25, -0.2) is 9.78 Å². The normalized spacial score (nSPS) is 11.8. The van der Waals surface area contributed by atoms with Gasteiger partial charge in [-0.05, 0) is 55.0 Å². The first-order chi connectivity index (χ1) is 15.4. The number of hydrogen-bond donors (Lipinski definition) is 3. The van der Waals surface area contributed by atoms with Gasteiger partial charge in [0.25, 0.3) is 0 Å². The zero-order valence-corrected chi connectivity index (χ0v) is 18.1. The molecule has 1 atom stereocenters. The first-order valence-corrected chi connectivity index (χ1v) is 10.4. The summed E-state index contributed by atoms with van der Waals surface area (Å²) in [7, 11) is 0. The quantitative estimate of drug-likeness (QED) is 0.398. The van der Waals surface area contributed by atoms with Gasteiger partial charge in [0, 0.05) is 16.4 Å². The van der Waals surface area contributed by atoms with Gasteiger partial charge in [0.15, 0.2) is 0 Å². The number of carbonyl (C=O) groups is 2. The molecule has 7 nitrogen and oxygen atoms in total. The minimum absolute atomic E-state index is 0.0140. The fourth-order valence-corrected chi connectivity index (χ4v) is 3.82. The number of aryl methyl sites for hydroxylation is 1. The molecule has 0 bridgehead atoms. The Labute approximate surface area is 190 Å². The molecule has 32 heavy (non-hydrogen) atoms. The van der Waals surface area contributed by atoms with E-state index >= 15 is 0 Å².